The monoisotopic (exact) mass is 212 g/mol. The van der Waals surface area contributed by atoms with Gasteiger partial charge in [-0.25, -0.2) is 0 Å². The Morgan fingerprint density at radius 2 is 2.00 bits per heavy atom. The largest absolute Gasteiger partial charge is 0.312 e. The highest BCUT2D eigenvalue weighted by atomic mass is 15.1. The molecule has 1 heterocycles. The van der Waals surface area contributed by atoms with Crippen molar-refractivity contribution in [3.8, 4) is 0 Å². The molecule has 0 amide bonds. The van der Waals surface area contributed by atoms with Crippen molar-refractivity contribution in [3.63, 3.8) is 0 Å². The van der Waals surface area contributed by atoms with Gasteiger partial charge in [-0.1, -0.05) is 6.92 Å². The van der Waals surface area contributed by atoms with E-state index in [1.807, 2.05) is 0 Å². The fourth-order valence-electron chi connectivity index (χ4n) is 2.15. The van der Waals surface area contributed by atoms with E-state index in [4.69, 9.17) is 0 Å². The van der Waals surface area contributed by atoms with E-state index in [-0.39, 0.29) is 5.54 Å². The second-order valence-corrected chi connectivity index (χ2v) is 6.08. The molecular weight excluding hydrogens is 184 g/mol. The van der Waals surface area contributed by atoms with Crippen LogP contribution in [0.5, 0.6) is 0 Å². The van der Waals surface area contributed by atoms with E-state index in [0.29, 0.717) is 0 Å². The number of unbranched alkanes of at least 4 members (excludes halogenated alkanes) is 1. The summed E-state index contributed by atoms with van der Waals surface area (Å²) in [5.74, 6) is 0.928. The summed E-state index contributed by atoms with van der Waals surface area (Å²) < 4.78 is 0. The van der Waals surface area contributed by atoms with Crippen molar-refractivity contribution >= 4 is 0 Å². The molecule has 1 saturated heterocycles. The maximum Gasteiger partial charge on any atom is 0.00965 e. The standard InChI is InChI=1S/C13H28N2/c1-12-7-10-15(11-12)9-6-5-8-14-13(2,3)4/h12,14H,5-11H2,1-4H3. The van der Waals surface area contributed by atoms with Crippen LogP contribution in [0.3, 0.4) is 0 Å². The van der Waals surface area contributed by atoms with Crippen molar-refractivity contribution in [1.82, 2.24) is 10.2 Å². The highest BCUT2D eigenvalue weighted by molar-refractivity contribution is 4.73. The van der Waals surface area contributed by atoms with Gasteiger partial charge in [-0.15, -0.1) is 0 Å². The van der Waals surface area contributed by atoms with Gasteiger partial charge in [0.25, 0.3) is 0 Å². The van der Waals surface area contributed by atoms with Gasteiger partial charge in [-0.05, 0) is 65.6 Å². The fourth-order valence-corrected chi connectivity index (χ4v) is 2.15. The van der Waals surface area contributed by atoms with Gasteiger partial charge in [-0.2, -0.15) is 0 Å². The first-order valence-electron chi connectivity index (χ1n) is 6.45. The summed E-state index contributed by atoms with van der Waals surface area (Å²) in [6.07, 6.45) is 4.05. The molecule has 1 rings (SSSR count). The molecule has 2 nitrogen and oxygen atoms in total. The minimum absolute atomic E-state index is 0.280. The first-order valence-corrected chi connectivity index (χ1v) is 6.45. The summed E-state index contributed by atoms with van der Waals surface area (Å²) in [5.41, 5.74) is 0.280. The summed E-state index contributed by atoms with van der Waals surface area (Å²) in [6, 6.07) is 0. The Morgan fingerprint density at radius 1 is 1.27 bits per heavy atom. The van der Waals surface area contributed by atoms with E-state index in [2.05, 4.69) is 37.9 Å². The number of likely N-dealkylation sites (tertiary alicyclic amines) is 1. The first kappa shape index (κ1) is 13.0. The number of rotatable bonds is 5. The molecule has 0 aromatic carbocycles. The Hall–Kier alpha value is -0.0800. The molecule has 2 heteroatoms. The lowest BCUT2D eigenvalue weighted by molar-refractivity contribution is 0.314. The predicted molar refractivity (Wildman–Crippen MR) is 67.2 cm³/mol. The SMILES string of the molecule is CC1CCN(CCCCNC(C)(C)C)C1. The van der Waals surface area contributed by atoms with Crippen LogP contribution in [0.2, 0.25) is 0 Å². The third kappa shape index (κ3) is 6.16. The number of hydrogen-bond acceptors (Lipinski definition) is 2. The fraction of sp³-hybridized carbons (Fsp3) is 1.00. The minimum Gasteiger partial charge on any atom is -0.312 e. The van der Waals surface area contributed by atoms with Crippen molar-refractivity contribution in [2.45, 2.75) is 52.5 Å². The number of nitrogens with zero attached hydrogens (tertiary/aromatic N) is 1. The van der Waals surface area contributed by atoms with Gasteiger partial charge in [0.2, 0.25) is 0 Å². The van der Waals surface area contributed by atoms with Crippen LogP contribution in [-0.2, 0) is 0 Å². The van der Waals surface area contributed by atoms with E-state index < -0.39 is 0 Å². The first-order chi connectivity index (χ1) is 6.97. The molecule has 0 bridgehead atoms. The van der Waals surface area contributed by atoms with Gasteiger partial charge >= 0.3 is 0 Å². The van der Waals surface area contributed by atoms with Crippen LogP contribution in [0.25, 0.3) is 0 Å². The summed E-state index contributed by atoms with van der Waals surface area (Å²) in [4.78, 5) is 2.61. The van der Waals surface area contributed by atoms with Crippen LogP contribution < -0.4 is 5.32 Å². The third-order valence-electron chi connectivity index (χ3n) is 3.06. The Balaban J connectivity index is 1.93. The zero-order valence-corrected chi connectivity index (χ0v) is 11.0. The Bertz CT molecular complexity index is 172. The van der Waals surface area contributed by atoms with Crippen LogP contribution in [0, 0.1) is 5.92 Å². The Kier molecular flexibility index (Phi) is 5.07. The molecular formula is C13H28N2. The number of nitrogens with one attached hydrogen (secondary N) is 1. The van der Waals surface area contributed by atoms with Crippen LogP contribution in [0.15, 0.2) is 0 Å². The average molecular weight is 212 g/mol. The van der Waals surface area contributed by atoms with Gasteiger partial charge in [0, 0.05) is 12.1 Å². The molecule has 1 aliphatic rings. The Morgan fingerprint density at radius 3 is 2.53 bits per heavy atom. The summed E-state index contributed by atoms with van der Waals surface area (Å²) in [6.45, 7) is 14.2. The molecule has 1 aliphatic heterocycles. The predicted octanol–water partition coefficient (Wildman–Crippen LogP) is 2.50. The van der Waals surface area contributed by atoms with Crippen LogP contribution in [0.4, 0.5) is 0 Å². The molecule has 0 aromatic heterocycles. The molecule has 1 atom stereocenters. The lowest BCUT2D eigenvalue weighted by Gasteiger charge is -2.21. The van der Waals surface area contributed by atoms with E-state index >= 15 is 0 Å². The van der Waals surface area contributed by atoms with Crippen molar-refractivity contribution in [3.05, 3.63) is 0 Å². The topological polar surface area (TPSA) is 15.3 Å². The molecule has 90 valence electrons. The van der Waals surface area contributed by atoms with Crippen molar-refractivity contribution in [2.24, 2.45) is 5.92 Å². The molecule has 1 unspecified atom stereocenters. The molecule has 15 heavy (non-hydrogen) atoms. The van der Waals surface area contributed by atoms with E-state index in [0.717, 1.165) is 12.5 Å². The van der Waals surface area contributed by atoms with E-state index in [1.165, 1.54) is 38.9 Å². The van der Waals surface area contributed by atoms with Crippen molar-refractivity contribution in [1.29, 1.82) is 0 Å². The van der Waals surface area contributed by atoms with Crippen LogP contribution in [0.1, 0.15) is 47.0 Å². The molecule has 0 aromatic rings. The highest BCUT2D eigenvalue weighted by Crippen LogP contribution is 2.15. The quantitative estimate of drug-likeness (QED) is 0.704. The zero-order chi connectivity index (χ0) is 11.3. The molecule has 0 saturated carbocycles. The second-order valence-electron chi connectivity index (χ2n) is 6.08. The number of hydrogen-bond donors (Lipinski definition) is 1. The molecule has 0 spiro atoms. The van der Waals surface area contributed by atoms with Gasteiger partial charge in [-0.3, -0.25) is 0 Å². The molecule has 1 N–H and O–H groups in total. The maximum atomic E-state index is 3.54. The van der Waals surface area contributed by atoms with Crippen LogP contribution in [-0.4, -0.2) is 36.6 Å². The molecule has 0 aliphatic carbocycles. The lowest BCUT2D eigenvalue weighted by atomic mass is 10.1. The third-order valence-corrected chi connectivity index (χ3v) is 3.06. The smallest absolute Gasteiger partial charge is 0.00965 e. The molecule has 0 radical (unpaired) electrons. The summed E-state index contributed by atoms with van der Waals surface area (Å²) >= 11 is 0. The highest BCUT2D eigenvalue weighted by Gasteiger charge is 2.17. The lowest BCUT2D eigenvalue weighted by Crippen LogP contribution is -2.36. The van der Waals surface area contributed by atoms with Gasteiger partial charge in [0.15, 0.2) is 0 Å². The van der Waals surface area contributed by atoms with Gasteiger partial charge in [0.05, 0.1) is 0 Å². The van der Waals surface area contributed by atoms with Gasteiger partial charge in [0.1, 0.15) is 0 Å². The van der Waals surface area contributed by atoms with Crippen LogP contribution >= 0.6 is 0 Å². The zero-order valence-electron chi connectivity index (χ0n) is 11.0. The summed E-state index contributed by atoms with van der Waals surface area (Å²) in [7, 11) is 0. The van der Waals surface area contributed by atoms with Gasteiger partial charge < -0.3 is 10.2 Å². The van der Waals surface area contributed by atoms with E-state index in [1.54, 1.807) is 0 Å². The Labute approximate surface area is 95.4 Å². The summed E-state index contributed by atoms with van der Waals surface area (Å²) in [5, 5.41) is 3.54. The van der Waals surface area contributed by atoms with E-state index in [9.17, 15) is 0 Å². The van der Waals surface area contributed by atoms with Crippen molar-refractivity contribution < 1.29 is 0 Å². The maximum absolute atomic E-state index is 3.54. The van der Waals surface area contributed by atoms with Crippen molar-refractivity contribution in [2.75, 3.05) is 26.2 Å². The minimum atomic E-state index is 0.280. The second kappa shape index (κ2) is 5.86. The average Bonchev–Trinajstić information content (AvgIpc) is 2.49. The molecule has 1 fully saturated rings. The normalized spacial score (nSPS) is 23.6.